The van der Waals surface area contributed by atoms with Crippen molar-refractivity contribution >= 4 is 32.8 Å². The zero-order valence-electron chi connectivity index (χ0n) is 17.1. The first-order valence-corrected chi connectivity index (χ1v) is 11.3. The molecule has 0 spiro atoms. The number of rotatable bonds is 6. The Balaban J connectivity index is 1.89. The molecule has 0 unspecified atom stereocenters. The van der Waals surface area contributed by atoms with Crippen molar-refractivity contribution in [3.8, 4) is 5.69 Å². The van der Waals surface area contributed by atoms with E-state index in [0.717, 1.165) is 28.5 Å². The van der Waals surface area contributed by atoms with Crippen molar-refractivity contribution in [3.63, 3.8) is 0 Å². The summed E-state index contributed by atoms with van der Waals surface area (Å²) in [5.74, 6) is -0.144. The van der Waals surface area contributed by atoms with E-state index >= 15 is 0 Å². The van der Waals surface area contributed by atoms with E-state index in [-0.39, 0.29) is 16.6 Å². The fraction of sp³-hybridized carbons (Fsp3) is 0.125. The fourth-order valence-electron chi connectivity index (χ4n) is 3.61. The summed E-state index contributed by atoms with van der Waals surface area (Å²) in [4.78, 5) is 0.151. The molecule has 31 heavy (non-hydrogen) atoms. The van der Waals surface area contributed by atoms with Gasteiger partial charge in [0.25, 0.3) is 10.0 Å². The molecule has 0 amide bonds. The molecule has 0 bridgehead atoms. The van der Waals surface area contributed by atoms with Crippen LogP contribution >= 0.6 is 0 Å². The maximum Gasteiger partial charge on any atom is 0.261 e. The number of nitrogens with zero attached hydrogens (tertiary/aromatic N) is 1. The highest BCUT2D eigenvalue weighted by molar-refractivity contribution is 7.92. The maximum atomic E-state index is 13.5. The molecule has 0 fully saturated rings. The highest BCUT2D eigenvalue weighted by atomic mass is 32.2. The second kappa shape index (κ2) is 8.00. The summed E-state index contributed by atoms with van der Waals surface area (Å²) in [6.45, 7) is 4.12. The van der Waals surface area contributed by atoms with Gasteiger partial charge in [0.1, 0.15) is 5.82 Å². The van der Waals surface area contributed by atoms with Crippen molar-refractivity contribution in [2.75, 3.05) is 4.72 Å². The molecule has 0 radical (unpaired) electrons. The summed E-state index contributed by atoms with van der Waals surface area (Å²) in [5.41, 5.74) is 3.38. The first-order valence-electron chi connectivity index (χ1n) is 9.84. The van der Waals surface area contributed by atoms with E-state index in [1.807, 2.05) is 10.6 Å². The Morgan fingerprint density at radius 1 is 1.00 bits per heavy atom. The van der Waals surface area contributed by atoms with Gasteiger partial charge in [-0.2, -0.15) is 0 Å². The number of benzene rings is 3. The Morgan fingerprint density at radius 2 is 1.68 bits per heavy atom. The molecule has 1 aromatic heterocycles. The average Bonchev–Trinajstić information content (AvgIpc) is 3.12. The number of fused-ring (bicyclic) bond motifs is 1. The summed E-state index contributed by atoms with van der Waals surface area (Å²) in [5, 5.41) is 8.67. The maximum absolute atomic E-state index is 13.5. The lowest BCUT2D eigenvalue weighted by Gasteiger charge is -2.15. The molecule has 0 aliphatic carbocycles. The number of sulfonamides is 1. The molecule has 0 saturated carbocycles. The summed E-state index contributed by atoms with van der Waals surface area (Å²) in [6.07, 6.45) is 1.12. The van der Waals surface area contributed by atoms with Crippen LogP contribution in [0.5, 0.6) is 0 Å². The molecule has 5 nitrogen and oxygen atoms in total. The van der Waals surface area contributed by atoms with Crippen molar-refractivity contribution in [3.05, 3.63) is 89.9 Å². The van der Waals surface area contributed by atoms with Gasteiger partial charge < -0.3 is 9.98 Å². The summed E-state index contributed by atoms with van der Waals surface area (Å²) < 4.78 is 43.7. The van der Waals surface area contributed by atoms with Crippen LogP contribution in [0, 0.1) is 11.2 Å². The Hall–Kier alpha value is -3.45. The lowest BCUT2D eigenvalue weighted by atomic mass is 10.1. The molecule has 0 saturated heterocycles. The van der Waals surface area contributed by atoms with E-state index in [4.69, 9.17) is 5.41 Å². The zero-order chi connectivity index (χ0) is 22.2. The van der Waals surface area contributed by atoms with E-state index in [1.165, 1.54) is 24.3 Å². The number of hydrogen-bond donors (Lipinski definition) is 2. The number of aromatic nitrogens is 1. The van der Waals surface area contributed by atoms with E-state index < -0.39 is 10.0 Å². The van der Waals surface area contributed by atoms with Gasteiger partial charge in [0, 0.05) is 28.5 Å². The topological polar surface area (TPSA) is 75.0 Å². The van der Waals surface area contributed by atoms with Gasteiger partial charge in [0.05, 0.1) is 16.1 Å². The predicted molar refractivity (Wildman–Crippen MR) is 122 cm³/mol. The van der Waals surface area contributed by atoms with Gasteiger partial charge in [-0.05, 0) is 60.5 Å². The number of nitrogens with one attached hydrogen (secondary N) is 2. The van der Waals surface area contributed by atoms with E-state index in [9.17, 15) is 12.8 Å². The quantitative estimate of drug-likeness (QED) is 0.382. The van der Waals surface area contributed by atoms with Gasteiger partial charge in [-0.15, -0.1) is 0 Å². The second-order valence-corrected chi connectivity index (χ2v) is 9.28. The lowest BCUT2D eigenvalue weighted by molar-refractivity contribution is 0.601. The van der Waals surface area contributed by atoms with Crippen molar-refractivity contribution < 1.29 is 12.8 Å². The normalized spacial score (nSPS) is 11.7. The van der Waals surface area contributed by atoms with Gasteiger partial charge >= 0.3 is 0 Å². The third-order valence-corrected chi connectivity index (χ3v) is 6.51. The molecule has 0 aliphatic rings. The molecule has 4 aromatic rings. The van der Waals surface area contributed by atoms with Gasteiger partial charge in [-0.25, -0.2) is 12.8 Å². The van der Waals surface area contributed by atoms with Crippen LogP contribution < -0.4 is 4.72 Å². The minimum absolute atomic E-state index is 0.151. The smallest absolute Gasteiger partial charge is 0.261 e. The molecule has 158 valence electrons. The number of hydrogen-bond acceptors (Lipinski definition) is 3. The number of halogens is 1. The molecule has 3 aromatic carbocycles. The first kappa shape index (κ1) is 20.8. The Bertz CT molecular complexity index is 1360. The van der Waals surface area contributed by atoms with E-state index in [1.54, 1.807) is 42.5 Å². The molecule has 1 heterocycles. The molecule has 0 atom stereocenters. The van der Waals surface area contributed by atoms with E-state index in [2.05, 4.69) is 18.6 Å². The van der Waals surface area contributed by atoms with Crippen molar-refractivity contribution in [1.29, 1.82) is 5.41 Å². The molecule has 0 aliphatic heterocycles. The van der Waals surface area contributed by atoms with Crippen LogP contribution in [-0.2, 0) is 10.0 Å². The van der Waals surface area contributed by atoms with Crippen LogP contribution in [0.25, 0.3) is 16.6 Å². The van der Waals surface area contributed by atoms with Gasteiger partial charge in [-0.3, -0.25) is 4.72 Å². The predicted octanol–water partition coefficient (Wildman–Crippen LogP) is 5.69. The second-order valence-electron chi connectivity index (χ2n) is 7.60. The SMILES string of the molecule is CC(C)c1cc2cc(NS(=O)(=O)c3ccccc3)c(C=N)cc2n1-c1ccc(F)cc1. The number of anilines is 1. The fourth-order valence-corrected chi connectivity index (χ4v) is 4.71. The minimum Gasteiger partial charge on any atom is -0.313 e. The van der Waals surface area contributed by atoms with Crippen molar-refractivity contribution in [2.24, 2.45) is 0 Å². The van der Waals surface area contributed by atoms with Gasteiger partial charge in [0.15, 0.2) is 0 Å². The van der Waals surface area contributed by atoms with Crippen LogP contribution in [0.2, 0.25) is 0 Å². The molecule has 7 heteroatoms. The molecule has 2 N–H and O–H groups in total. The molecular formula is C24H22FN3O2S. The highest BCUT2D eigenvalue weighted by Crippen LogP contribution is 2.33. The van der Waals surface area contributed by atoms with Crippen LogP contribution in [-0.4, -0.2) is 19.2 Å². The van der Waals surface area contributed by atoms with Crippen LogP contribution in [0.4, 0.5) is 10.1 Å². The van der Waals surface area contributed by atoms with Crippen molar-refractivity contribution in [1.82, 2.24) is 4.57 Å². The van der Waals surface area contributed by atoms with Crippen LogP contribution in [0.1, 0.15) is 31.0 Å². The molecular weight excluding hydrogens is 413 g/mol. The average molecular weight is 436 g/mol. The summed E-state index contributed by atoms with van der Waals surface area (Å²) in [6, 6.07) is 19.9. The Kier molecular flexibility index (Phi) is 5.37. The van der Waals surface area contributed by atoms with Gasteiger partial charge in [-0.1, -0.05) is 32.0 Å². The minimum atomic E-state index is -3.79. The largest absolute Gasteiger partial charge is 0.313 e. The third-order valence-electron chi connectivity index (χ3n) is 5.13. The van der Waals surface area contributed by atoms with Crippen LogP contribution in [0.3, 0.4) is 0 Å². The van der Waals surface area contributed by atoms with Crippen molar-refractivity contribution in [2.45, 2.75) is 24.7 Å². The lowest BCUT2D eigenvalue weighted by Crippen LogP contribution is -2.14. The highest BCUT2D eigenvalue weighted by Gasteiger charge is 2.19. The monoisotopic (exact) mass is 435 g/mol. The Labute approximate surface area is 180 Å². The standard InChI is InChI=1S/C24H22FN3O2S/c1-16(2)23-13-17-12-22(27-31(29,30)21-6-4-3-5-7-21)18(15-26)14-24(17)28(23)20-10-8-19(25)9-11-20/h3-16,26-27H,1-2H3. The molecule has 4 rings (SSSR count). The van der Waals surface area contributed by atoms with Gasteiger partial charge in [0.2, 0.25) is 0 Å². The third kappa shape index (κ3) is 3.96. The summed E-state index contributed by atoms with van der Waals surface area (Å²) >= 11 is 0. The Morgan fingerprint density at radius 3 is 2.29 bits per heavy atom. The van der Waals surface area contributed by atoms with E-state index in [0.29, 0.717) is 11.3 Å². The van der Waals surface area contributed by atoms with Crippen LogP contribution in [0.15, 0.2) is 77.7 Å². The summed E-state index contributed by atoms with van der Waals surface area (Å²) in [7, 11) is -3.79. The zero-order valence-corrected chi connectivity index (χ0v) is 17.9. The first-order chi connectivity index (χ1) is 14.8.